The Hall–Kier alpha value is -4.17. The van der Waals surface area contributed by atoms with E-state index in [2.05, 4.69) is 34.6 Å². The maximum absolute atomic E-state index is 12.6. The summed E-state index contributed by atoms with van der Waals surface area (Å²) in [5.74, 6) is 0.484. The van der Waals surface area contributed by atoms with Crippen molar-refractivity contribution in [3.05, 3.63) is 94.8 Å². The van der Waals surface area contributed by atoms with E-state index in [-0.39, 0.29) is 30.7 Å². The summed E-state index contributed by atoms with van der Waals surface area (Å²) in [4.78, 5) is 31.1. The van der Waals surface area contributed by atoms with Crippen molar-refractivity contribution in [1.29, 1.82) is 0 Å². The molecule has 0 bridgehead atoms. The zero-order chi connectivity index (χ0) is 28.4. The molecule has 2 aromatic rings. The van der Waals surface area contributed by atoms with Crippen LogP contribution in [0, 0.1) is 5.92 Å². The molecule has 2 heterocycles. The molecule has 2 amide bonds. The van der Waals surface area contributed by atoms with E-state index in [9.17, 15) is 14.7 Å². The van der Waals surface area contributed by atoms with Crippen LogP contribution in [0.1, 0.15) is 67.1 Å². The minimum atomic E-state index is -0.976. The number of carbonyl (C=O) groups excluding carboxylic acids is 2. The molecular formula is C32H37N5O3. The van der Waals surface area contributed by atoms with E-state index in [0.29, 0.717) is 17.4 Å². The molecule has 1 aliphatic carbocycles. The molecule has 5 N–H and O–H groups in total. The van der Waals surface area contributed by atoms with Gasteiger partial charge in [-0.25, -0.2) is 0 Å². The lowest BCUT2D eigenvalue weighted by molar-refractivity contribution is -0.117. The van der Waals surface area contributed by atoms with Gasteiger partial charge in [-0.05, 0) is 73.9 Å². The average molecular weight is 540 g/mol. The summed E-state index contributed by atoms with van der Waals surface area (Å²) < 4.78 is 0. The fraction of sp³-hybridized carbons (Fsp3) is 0.344. The number of nitrogens with one attached hydrogen (secondary N) is 2. The van der Waals surface area contributed by atoms with Crippen LogP contribution in [0.25, 0.3) is 11.4 Å². The molecule has 1 fully saturated rings. The Balaban J connectivity index is 1.56. The molecule has 8 heteroatoms. The second kappa shape index (κ2) is 11.1. The molecule has 1 unspecified atom stereocenters. The van der Waals surface area contributed by atoms with Gasteiger partial charge in [0.25, 0.3) is 5.91 Å². The number of amides is 2. The molecule has 2 aliphatic heterocycles. The lowest BCUT2D eigenvalue weighted by atomic mass is 10.0. The van der Waals surface area contributed by atoms with E-state index in [0.717, 1.165) is 53.0 Å². The van der Waals surface area contributed by atoms with Gasteiger partial charge in [-0.1, -0.05) is 49.4 Å². The molecule has 0 spiro atoms. The number of hydrogen-bond donors (Lipinski definition) is 4. The van der Waals surface area contributed by atoms with E-state index >= 15 is 0 Å². The van der Waals surface area contributed by atoms with Crippen molar-refractivity contribution >= 4 is 29.0 Å². The van der Waals surface area contributed by atoms with Crippen molar-refractivity contribution in [1.82, 2.24) is 15.5 Å². The quantitative estimate of drug-likeness (QED) is 0.405. The number of aliphatic imine (C=N–C) groups is 1. The van der Waals surface area contributed by atoms with Crippen molar-refractivity contribution < 1.29 is 14.7 Å². The first-order chi connectivity index (χ1) is 19.1. The average Bonchev–Trinajstić information content (AvgIpc) is 3.74. The molecule has 2 aromatic carbocycles. The second-order valence-electron chi connectivity index (χ2n) is 11.5. The Kier molecular flexibility index (Phi) is 7.63. The minimum Gasteiger partial charge on any atom is -0.389 e. The Labute approximate surface area is 235 Å². The van der Waals surface area contributed by atoms with E-state index < -0.39 is 5.60 Å². The SMILES string of the molecule is CC1C=C(c2ccc(C(=O)NC3CC3)cc2)N2C=C(c3cccc(CC(N)=O)c3)NC(=NCC(C)(C)O)C2=CC1. The number of primary amides is 1. The zero-order valence-corrected chi connectivity index (χ0v) is 23.3. The first kappa shape index (κ1) is 27.4. The highest BCUT2D eigenvalue weighted by molar-refractivity contribution is 6.06. The highest BCUT2D eigenvalue weighted by atomic mass is 16.3. The number of nitrogens with two attached hydrogens (primary N) is 1. The highest BCUT2D eigenvalue weighted by Crippen LogP contribution is 2.35. The minimum absolute atomic E-state index is 0.0425. The molecule has 0 saturated heterocycles. The van der Waals surface area contributed by atoms with E-state index in [4.69, 9.17) is 10.7 Å². The number of rotatable bonds is 8. The Morgan fingerprint density at radius 1 is 1.12 bits per heavy atom. The molecule has 5 rings (SSSR count). The molecular weight excluding hydrogens is 502 g/mol. The molecule has 8 nitrogen and oxygen atoms in total. The van der Waals surface area contributed by atoms with Gasteiger partial charge in [0.2, 0.25) is 5.91 Å². The third-order valence-corrected chi connectivity index (χ3v) is 6.99. The van der Waals surface area contributed by atoms with Crippen molar-refractivity contribution in [3.8, 4) is 0 Å². The maximum atomic E-state index is 12.6. The van der Waals surface area contributed by atoms with Gasteiger partial charge in [-0.3, -0.25) is 14.6 Å². The molecule has 208 valence electrons. The summed E-state index contributed by atoms with van der Waals surface area (Å²) in [5, 5.41) is 17.0. The summed E-state index contributed by atoms with van der Waals surface area (Å²) in [5.41, 5.74) is 10.5. The Bertz CT molecular complexity index is 1430. The van der Waals surface area contributed by atoms with E-state index in [1.807, 2.05) is 54.7 Å². The van der Waals surface area contributed by atoms with Gasteiger partial charge in [-0.2, -0.15) is 0 Å². The first-order valence-corrected chi connectivity index (χ1v) is 13.8. The number of carbonyl (C=O) groups is 2. The predicted octanol–water partition coefficient (Wildman–Crippen LogP) is 3.94. The molecule has 1 atom stereocenters. The standard InChI is InChI=1S/C32H37N5O3/c1-20-7-14-27-30(34-19-32(2,3)40)36-26(24-6-4-5-21(16-24)17-29(33)38)18-37(27)28(15-20)22-8-10-23(11-9-22)31(39)35-25-12-13-25/h4-6,8-11,14-16,18,20,25,40H,7,12-13,17,19H2,1-3H3,(H2,33,38)(H,34,36)(H,35,39). The molecule has 1 saturated carbocycles. The number of aliphatic hydroxyl groups is 1. The number of allylic oxidation sites excluding steroid dienone is 2. The summed E-state index contributed by atoms with van der Waals surface area (Å²) in [6, 6.07) is 15.7. The number of hydrogen-bond acceptors (Lipinski definition) is 5. The van der Waals surface area contributed by atoms with Gasteiger partial charge >= 0.3 is 0 Å². The van der Waals surface area contributed by atoms with Gasteiger partial charge in [0.15, 0.2) is 0 Å². The van der Waals surface area contributed by atoms with Crippen LogP contribution in [0.3, 0.4) is 0 Å². The normalized spacial score (nSPS) is 20.0. The summed E-state index contributed by atoms with van der Waals surface area (Å²) in [6.07, 6.45) is 9.50. The number of amidine groups is 1. The fourth-order valence-electron chi connectivity index (χ4n) is 4.76. The van der Waals surface area contributed by atoms with Crippen molar-refractivity contribution in [2.45, 2.75) is 58.1 Å². The highest BCUT2D eigenvalue weighted by Gasteiger charge is 2.29. The molecule has 0 aromatic heterocycles. The second-order valence-corrected chi connectivity index (χ2v) is 11.5. The van der Waals surface area contributed by atoms with E-state index in [1.54, 1.807) is 13.8 Å². The van der Waals surface area contributed by atoms with Crippen molar-refractivity contribution in [3.63, 3.8) is 0 Å². The van der Waals surface area contributed by atoms with Crippen molar-refractivity contribution in [2.24, 2.45) is 16.6 Å². The number of benzene rings is 2. The van der Waals surface area contributed by atoms with Gasteiger partial charge in [0.1, 0.15) is 5.84 Å². The van der Waals surface area contributed by atoms with Gasteiger partial charge < -0.3 is 26.4 Å². The van der Waals surface area contributed by atoms with E-state index in [1.165, 1.54) is 0 Å². The van der Waals surface area contributed by atoms with Crippen LogP contribution in [0.4, 0.5) is 0 Å². The molecule has 0 radical (unpaired) electrons. The molecule has 3 aliphatic rings. The summed E-state index contributed by atoms with van der Waals surface area (Å²) in [6.45, 7) is 5.86. The topological polar surface area (TPSA) is 120 Å². The Morgan fingerprint density at radius 2 is 1.88 bits per heavy atom. The van der Waals surface area contributed by atoms with Crippen molar-refractivity contribution in [2.75, 3.05) is 6.54 Å². The number of nitrogens with zero attached hydrogens (tertiary/aromatic N) is 2. The van der Waals surface area contributed by atoms with Crippen LogP contribution in [-0.4, -0.2) is 45.8 Å². The summed E-state index contributed by atoms with van der Waals surface area (Å²) in [7, 11) is 0. The van der Waals surface area contributed by atoms with Gasteiger partial charge in [0, 0.05) is 23.5 Å². The molecule has 40 heavy (non-hydrogen) atoms. The van der Waals surface area contributed by atoms with Crippen LogP contribution < -0.4 is 16.4 Å². The maximum Gasteiger partial charge on any atom is 0.251 e. The van der Waals surface area contributed by atoms with Crippen LogP contribution in [0.5, 0.6) is 0 Å². The van der Waals surface area contributed by atoms with Gasteiger partial charge in [-0.15, -0.1) is 0 Å². The number of fused-ring (bicyclic) bond motifs is 1. The van der Waals surface area contributed by atoms with Crippen LogP contribution in [0.15, 0.2) is 77.6 Å². The predicted molar refractivity (Wildman–Crippen MR) is 158 cm³/mol. The fourth-order valence-corrected chi connectivity index (χ4v) is 4.76. The lowest BCUT2D eigenvalue weighted by Crippen LogP contribution is -2.38. The zero-order valence-electron chi connectivity index (χ0n) is 23.3. The summed E-state index contributed by atoms with van der Waals surface area (Å²) >= 11 is 0. The van der Waals surface area contributed by atoms with Gasteiger partial charge in [0.05, 0.1) is 30.0 Å². The lowest BCUT2D eigenvalue weighted by Gasteiger charge is -2.33. The van der Waals surface area contributed by atoms with Crippen LogP contribution in [0.2, 0.25) is 0 Å². The van der Waals surface area contributed by atoms with Crippen LogP contribution in [-0.2, 0) is 11.2 Å². The Morgan fingerprint density at radius 3 is 2.55 bits per heavy atom. The van der Waals surface area contributed by atoms with Crippen LogP contribution >= 0.6 is 0 Å². The monoisotopic (exact) mass is 539 g/mol. The third-order valence-electron chi connectivity index (χ3n) is 6.99. The largest absolute Gasteiger partial charge is 0.389 e. The smallest absolute Gasteiger partial charge is 0.251 e. The first-order valence-electron chi connectivity index (χ1n) is 13.8. The third kappa shape index (κ3) is 6.69.